The van der Waals surface area contributed by atoms with E-state index >= 15 is 0 Å². The predicted molar refractivity (Wildman–Crippen MR) is 55.3 cm³/mol. The Labute approximate surface area is 77.8 Å². The number of aromatic nitrogens is 1. The second-order valence-electron chi connectivity index (χ2n) is 3.32. The Kier molecular flexibility index (Phi) is 2.07. The van der Waals surface area contributed by atoms with Gasteiger partial charge in [0, 0.05) is 23.1 Å². The molecule has 0 spiro atoms. The van der Waals surface area contributed by atoms with E-state index in [1.165, 1.54) is 10.9 Å². The van der Waals surface area contributed by atoms with Gasteiger partial charge in [-0.15, -0.1) is 0 Å². The molecule has 2 heteroatoms. The minimum atomic E-state index is -0.0285. The Morgan fingerprint density at radius 1 is 1.38 bits per heavy atom. The normalized spacial score (nSPS) is 13.4. The first-order valence-corrected chi connectivity index (χ1v) is 4.41. The monoisotopic (exact) mass is 173 g/mol. The number of hydrogen-bond acceptors (Lipinski definition) is 1. The van der Waals surface area contributed by atoms with Crippen LogP contribution in [-0.2, 0) is 6.42 Å². The van der Waals surface area contributed by atoms with Crippen molar-refractivity contribution in [2.75, 3.05) is 0 Å². The maximum atomic E-state index is 5.65. The van der Waals surface area contributed by atoms with E-state index in [0.717, 1.165) is 11.9 Å². The molecule has 13 heavy (non-hydrogen) atoms. The number of para-hydroxylation sites is 1. The molecule has 1 unspecified atom stereocenters. The number of H-pyrrole nitrogens is 1. The molecule has 1 radical (unpaired) electrons. The number of benzene rings is 1. The molecule has 0 amide bonds. The van der Waals surface area contributed by atoms with E-state index in [4.69, 9.17) is 5.73 Å². The quantitative estimate of drug-likeness (QED) is 0.715. The first-order chi connectivity index (χ1) is 6.27. The van der Waals surface area contributed by atoms with Crippen molar-refractivity contribution in [3.05, 3.63) is 42.9 Å². The fourth-order valence-corrected chi connectivity index (χ4v) is 1.58. The Morgan fingerprint density at radius 3 is 2.92 bits per heavy atom. The van der Waals surface area contributed by atoms with Crippen molar-refractivity contribution in [2.24, 2.45) is 5.73 Å². The highest BCUT2D eigenvalue weighted by molar-refractivity contribution is 5.83. The van der Waals surface area contributed by atoms with Crippen LogP contribution < -0.4 is 5.73 Å². The van der Waals surface area contributed by atoms with Gasteiger partial charge in [-0.3, -0.25) is 0 Å². The fraction of sp³-hybridized carbons (Fsp3) is 0.182. The molecule has 2 nitrogen and oxygen atoms in total. The molecule has 1 atom stereocenters. The minimum absolute atomic E-state index is 0.0285. The van der Waals surface area contributed by atoms with Crippen molar-refractivity contribution < 1.29 is 0 Å². The van der Waals surface area contributed by atoms with Gasteiger partial charge >= 0.3 is 0 Å². The SMILES string of the molecule is [CH2]C(N)Cc1c[nH]c2ccccc12. The first kappa shape index (κ1) is 8.32. The highest BCUT2D eigenvalue weighted by Crippen LogP contribution is 2.18. The summed E-state index contributed by atoms with van der Waals surface area (Å²) < 4.78 is 0. The summed E-state index contributed by atoms with van der Waals surface area (Å²) in [6.45, 7) is 3.78. The summed E-state index contributed by atoms with van der Waals surface area (Å²) in [4.78, 5) is 3.21. The highest BCUT2D eigenvalue weighted by Gasteiger charge is 2.04. The fourth-order valence-electron chi connectivity index (χ4n) is 1.58. The molecular formula is C11H13N2. The highest BCUT2D eigenvalue weighted by atomic mass is 14.7. The third-order valence-electron chi connectivity index (χ3n) is 2.16. The van der Waals surface area contributed by atoms with Crippen LogP contribution in [0.15, 0.2) is 30.5 Å². The van der Waals surface area contributed by atoms with Crippen LogP contribution in [0.1, 0.15) is 5.56 Å². The van der Waals surface area contributed by atoms with Gasteiger partial charge in [0.2, 0.25) is 0 Å². The maximum absolute atomic E-state index is 5.65. The first-order valence-electron chi connectivity index (χ1n) is 4.41. The molecule has 0 fully saturated rings. The lowest BCUT2D eigenvalue weighted by molar-refractivity contribution is 0.811. The van der Waals surface area contributed by atoms with Gasteiger partial charge in [-0.05, 0) is 25.0 Å². The molecule has 1 aromatic carbocycles. The van der Waals surface area contributed by atoms with E-state index in [0.29, 0.717) is 0 Å². The summed E-state index contributed by atoms with van der Waals surface area (Å²) >= 11 is 0. The lowest BCUT2D eigenvalue weighted by atomic mass is 10.1. The number of rotatable bonds is 2. The third-order valence-corrected chi connectivity index (χ3v) is 2.16. The molecule has 0 aliphatic carbocycles. The molecule has 0 saturated heterocycles. The van der Waals surface area contributed by atoms with Crippen LogP contribution >= 0.6 is 0 Å². The summed E-state index contributed by atoms with van der Waals surface area (Å²) in [6, 6.07) is 8.19. The average molecular weight is 173 g/mol. The van der Waals surface area contributed by atoms with E-state index in [-0.39, 0.29) is 6.04 Å². The number of nitrogens with two attached hydrogens (primary N) is 1. The van der Waals surface area contributed by atoms with Gasteiger partial charge in [-0.2, -0.15) is 0 Å². The van der Waals surface area contributed by atoms with Crippen LogP contribution in [0.4, 0.5) is 0 Å². The molecule has 0 bridgehead atoms. The van der Waals surface area contributed by atoms with Gasteiger partial charge in [0.1, 0.15) is 0 Å². The maximum Gasteiger partial charge on any atom is 0.0456 e. The molecule has 1 heterocycles. The van der Waals surface area contributed by atoms with Crippen molar-refractivity contribution in [3.63, 3.8) is 0 Å². The molecule has 3 N–H and O–H groups in total. The van der Waals surface area contributed by atoms with Crippen LogP contribution in [0, 0.1) is 6.92 Å². The van der Waals surface area contributed by atoms with Gasteiger partial charge in [0.15, 0.2) is 0 Å². The Morgan fingerprint density at radius 2 is 2.15 bits per heavy atom. The lowest BCUT2D eigenvalue weighted by Crippen LogP contribution is -2.17. The number of aromatic amines is 1. The minimum Gasteiger partial charge on any atom is -0.361 e. The molecular weight excluding hydrogens is 160 g/mol. The van der Waals surface area contributed by atoms with E-state index < -0.39 is 0 Å². The van der Waals surface area contributed by atoms with Crippen molar-refractivity contribution >= 4 is 10.9 Å². The van der Waals surface area contributed by atoms with E-state index in [1.54, 1.807) is 0 Å². The van der Waals surface area contributed by atoms with Crippen molar-refractivity contribution in [1.29, 1.82) is 0 Å². The molecule has 67 valence electrons. The van der Waals surface area contributed by atoms with E-state index in [9.17, 15) is 0 Å². The summed E-state index contributed by atoms with van der Waals surface area (Å²) in [7, 11) is 0. The Bertz CT molecular complexity index is 401. The van der Waals surface area contributed by atoms with Crippen LogP contribution in [0.25, 0.3) is 10.9 Å². The number of nitrogens with one attached hydrogen (secondary N) is 1. The van der Waals surface area contributed by atoms with Gasteiger partial charge in [0.25, 0.3) is 0 Å². The molecule has 0 saturated carbocycles. The molecule has 0 aliphatic heterocycles. The van der Waals surface area contributed by atoms with E-state index in [1.807, 2.05) is 18.3 Å². The van der Waals surface area contributed by atoms with Crippen LogP contribution in [0.5, 0.6) is 0 Å². The van der Waals surface area contributed by atoms with Crippen LogP contribution in [0.3, 0.4) is 0 Å². The Hall–Kier alpha value is -1.28. The zero-order valence-corrected chi connectivity index (χ0v) is 7.46. The predicted octanol–water partition coefficient (Wildman–Crippen LogP) is 1.87. The summed E-state index contributed by atoms with van der Waals surface area (Å²) in [5, 5.41) is 1.25. The average Bonchev–Trinajstić information content (AvgIpc) is 2.48. The summed E-state index contributed by atoms with van der Waals surface area (Å²) in [5.41, 5.74) is 8.06. The molecule has 2 rings (SSSR count). The van der Waals surface area contributed by atoms with Crippen molar-refractivity contribution in [1.82, 2.24) is 4.98 Å². The van der Waals surface area contributed by atoms with Gasteiger partial charge in [-0.25, -0.2) is 0 Å². The second kappa shape index (κ2) is 3.23. The van der Waals surface area contributed by atoms with Gasteiger partial charge in [-0.1, -0.05) is 18.2 Å². The lowest BCUT2D eigenvalue weighted by Gasteiger charge is -2.02. The summed E-state index contributed by atoms with van der Waals surface area (Å²) in [5.74, 6) is 0. The molecule has 1 aromatic heterocycles. The van der Waals surface area contributed by atoms with Crippen molar-refractivity contribution in [3.8, 4) is 0 Å². The van der Waals surface area contributed by atoms with Crippen molar-refractivity contribution in [2.45, 2.75) is 12.5 Å². The van der Waals surface area contributed by atoms with Gasteiger partial charge in [0.05, 0.1) is 0 Å². The zero-order chi connectivity index (χ0) is 9.26. The van der Waals surface area contributed by atoms with Crippen LogP contribution in [0.2, 0.25) is 0 Å². The third kappa shape index (κ3) is 1.58. The smallest absolute Gasteiger partial charge is 0.0456 e. The second-order valence-corrected chi connectivity index (χ2v) is 3.32. The largest absolute Gasteiger partial charge is 0.361 e. The standard InChI is InChI=1S/C11H13N2/c1-8(12)6-9-7-13-11-5-3-2-4-10(9)11/h2-5,7-8,13H,1,6,12H2. The van der Waals surface area contributed by atoms with Crippen LogP contribution in [-0.4, -0.2) is 11.0 Å². The molecule has 2 aromatic rings. The zero-order valence-electron chi connectivity index (χ0n) is 7.46. The topological polar surface area (TPSA) is 41.8 Å². The number of fused-ring (bicyclic) bond motifs is 1. The Balaban J connectivity index is 2.46. The summed E-state index contributed by atoms with van der Waals surface area (Å²) in [6.07, 6.45) is 2.83. The van der Waals surface area contributed by atoms with E-state index in [2.05, 4.69) is 24.0 Å². The van der Waals surface area contributed by atoms with Gasteiger partial charge < -0.3 is 10.7 Å². The number of hydrogen-bond donors (Lipinski definition) is 2. The molecule has 0 aliphatic rings.